The van der Waals surface area contributed by atoms with E-state index in [0.29, 0.717) is 6.10 Å². The number of ether oxygens (including phenoxy) is 1. The van der Waals surface area contributed by atoms with E-state index in [-0.39, 0.29) is 0 Å². The molecular weight excluding hydrogens is 289 g/mol. The minimum Gasteiger partial charge on any atom is -0.380 e. The molecule has 0 spiro atoms. The van der Waals surface area contributed by atoms with Crippen LogP contribution < -0.4 is 0 Å². The lowest BCUT2D eigenvalue weighted by atomic mass is 10.2. The number of halogens is 2. The van der Waals surface area contributed by atoms with Crippen molar-refractivity contribution in [2.45, 2.75) is 19.1 Å². The highest BCUT2D eigenvalue weighted by molar-refractivity contribution is 9.10. The molecule has 2 nitrogen and oxygen atoms in total. The van der Waals surface area contributed by atoms with Gasteiger partial charge < -0.3 is 4.74 Å². The Morgan fingerprint density at radius 1 is 1.56 bits per heavy atom. The lowest BCUT2D eigenvalue weighted by Crippen LogP contribution is -2.22. The van der Waals surface area contributed by atoms with Crippen LogP contribution in [0.3, 0.4) is 0 Å². The molecular formula is C12H15BrClNO. The van der Waals surface area contributed by atoms with Crippen molar-refractivity contribution in [3.05, 3.63) is 33.3 Å². The first kappa shape index (κ1) is 12.4. The number of hydrogen-bond donors (Lipinski definition) is 0. The molecule has 2 rings (SSSR count). The lowest BCUT2D eigenvalue weighted by molar-refractivity contribution is 0.107. The van der Waals surface area contributed by atoms with Crippen molar-refractivity contribution >= 4 is 27.5 Å². The Kier molecular flexibility index (Phi) is 4.25. The minimum atomic E-state index is 0.380. The second-order valence-corrected chi connectivity index (χ2v) is 5.33. The molecule has 1 heterocycles. The average molecular weight is 305 g/mol. The summed E-state index contributed by atoms with van der Waals surface area (Å²) in [5, 5.41) is 0.823. The molecule has 0 unspecified atom stereocenters. The van der Waals surface area contributed by atoms with Crippen molar-refractivity contribution in [2.24, 2.45) is 0 Å². The topological polar surface area (TPSA) is 12.5 Å². The second kappa shape index (κ2) is 5.50. The van der Waals surface area contributed by atoms with Crippen LogP contribution >= 0.6 is 27.5 Å². The standard InChI is InChI=1S/C12H15BrClNO/c1-16-10-5-6-15(8-10)7-9-3-2-4-11(13)12(9)14/h2-4,10H,5-8H2,1H3/t10-/m1/s1. The quantitative estimate of drug-likeness (QED) is 0.849. The highest BCUT2D eigenvalue weighted by Gasteiger charge is 2.22. The molecule has 0 aromatic heterocycles. The number of nitrogens with zero attached hydrogens (tertiary/aromatic N) is 1. The first-order valence-corrected chi connectivity index (χ1v) is 6.56. The van der Waals surface area contributed by atoms with Crippen LogP contribution in [-0.4, -0.2) is 31.2 Å². The summed E-state index contributed by atoms with van der Waals surface area (Å²) in [4.78, 5) is 2.38. The molecule has 0 aliphatic carbocycles. The Bertz CT molecular complexity index is 372. The van der Waals surface area contributed by atoms with Crippen molar-refractivity contribution in [1.29, 1.82) is 0 Å². The first-order chi connectivity index (χ1) is 7.70. The summed E-state index contributed by atoms with van der Waals surface area (Å²) in [6.07, 6.45) is 1.49. The Morgan fingerprint density at radius 2 is 2.38 bits per heavy atom. The van der Waals surface area contributed by atoms with E-state index in [2.05, 4.69) is 26.9 Å². The summed E-state index contributed by atoms with van der Waals surface area (Å²) >= 11 is 9.68. The van der Waals surface area contributed by atoms with Crippen LogP contribution in [0, 0.1) is 0 Å². The van der Waals surface area contributed by atoms with E-state index in [1.54, 1.807) is 7.11 Å². The molecule has 0 amide bonds. The van der Waals surface area contributed by atoms with Gasteiger partial charge in [-0.25, -0.2) is 0 Å². The highest BCUT2D eigenvalue weighted by atomic mass is 79.9. The first-order valence-electron chi connectivity index (χ1n) is 5.38. The summed E-state index contributed by atoms with van der Waals surface area (Å²) in [6, 6.07) is 6.07. The zero-order valence-electron chi connectivity index (χ0n) is 9.25. The summed E-state index contributed by atoms with van der Waals surface area (Å²) < 4.78 is 6.32. The molecule has 1 aliphatic heterocycles. The van der Waals surface area contributed by atoms with Gasteiger partial charge in [-0.3, -0.25) is 4.90 Å². The van der Waals surface area contributed by atoms with Crippen LogP contribution in [0.25, 0.3) is 0 Å². The molecule has 1 saturated heterocycles. The van der Waals surface area contributed by atoms with Gasteiger partial charge in [0.25, 0.3) is 0 Å². The number of likely N-dealkylation sites (tertiary alicyclic amines) is 1. The fraction of sp³-hybridized carbons (Fsp3) is 0.500. The van der Waals surface area contributed by atoms with Gasteiger partial charge in [-0.15, -0.1) is 0 Å². The highest BCUT2D eigenvalue weighted by Crippen LogP contribution is 2.27. The maximum Gasteiger partial charge on any atom is 0.0710 e. The number of benzene rings is 1. The van der Waals surface area contributed by atoms with Gasteiger partial charge in [0.1, 0.15) is 0 Å². The molecule has 1 fully saturated rings. The van der Waals surface area contributed by atoms with Crippen LogP contribution in [0.5, 0.6) is 0 Å². The largest absolute Gasteiger partial charge is 0.380 e. The van der Waals surface area contributed by atoms with Gasteiger partial charge >= 0.3 is 0 Å². The molecule has 1 atom stereocenters. The summed E-state index contributed by atoms with van der Waals surface area (Å²) in [5.74, 6) is 0. The zero-order valence-corrected chi connectivity index (χ0v) is 11.6. The van der Waals surface area contributed by atoms with Crippen LogP contribution in [0.1, 0.15) is 12.0 Å². The molecule has 1 aliphatic rings. The van der Waals surface area contributed by atoms with Crippen LogP contribution in [-0.2, 0) is 11.3 Å². The molecule has 0 radical (unpaired) electrons. The third-order valence-electron chi connectivity index (χ3n) is 2.99. The predicted molar refractivity (Wildman–Crippen MR) is 69.8 cm³/mol. The Balaban J connectivity index is 2.02. The third-order valence-corrected chi connectivity index (χ3v) is 4.32. The lowest BCUT2D eigenvalue weighted by Gasteiger charge is -2.16. The van der Waals surface area contributed by atoms with E-state index >= 15 is 0 Å². The maximum atomic E-state index is 6.24. The number of hydrogen-bond acceptors (Lipinski definition) is 2. The normalized spacial score (nSPS) is 21.6. The van der Waals surface area contributed by atoms with E-state index in [1.807, 2.05) is 12.1 Å². The maximum absolute atomic E-state index is 6.24. The zero-order chi connectivity index (χ0) is 11.5. The second-order valence-electron chi connectivity index (χ2n) is 4.09. The Labute approximate surface area is 110 Å². The van der Waals surface area contributed by atoms with Gasteiger partial charge in [0.05, 0.1) is 11.1 Å². The molecule has 1 aromatic carbocycles. The van der Waals surface area contributed by atoms with Gasteiger partial charge in [-0.2, -0.15) is 0 Å². The molecule has 0 saturated carbocycles. The minimum absolute atomic E-state index is 0.380. The van der Waals surface area contributed by atoms with Gasteiger partial charge in [-0.05, 0) is 34.0 Å². The molecule has 16 heavy (non-hydrogen) atoms. The summed E-state index contributed by atoms with van der Waals surface area (Å²) in [7, 11) is 1.78. The summed E-state index contributed by atoms with van der Waals surface area (Å²) in [5.41, 5.74) is 1.17. The van der Waals surface area contributed by atoms with Gasteiger partial charge in [0.2, 0.25) is 0 Å². The van der Waals surface area contributed by atoms with E-state index in [9.17, 15) is 0 Å². The van der Waals surface area contributed by atoms with Crippen molar-refractivity contribution in [3.63, 3.8) is 0 Å². The fourth-order valence-electron chi connectivity index (χ4n) is 2.04. The molecule has 0 N–H and O–H groups in total. The fourth-order valence-corrected chi connectivity index (χ4v) is 2.64. The van der Waals surface area contributed by atoms with Crippen LogP contribution in [0.2, 0.25) is 5.02 Å². The third kappa shape index (κ3) is 2.77. The van der Waals surface area contributed by atoms with Crippen LogP contribution in [0.15, 0.2) is 22.7 Å². The van der Waals surface area contributed by atoms with Crippen LogP contribution in [0.4, 0.5) is 0 Å². The monoisotopic (exact) mass is 303 g/mol. The SMILES string of the molecule is CO[C@@H]1CCN(Cc2cccc(Br)c2Cl)C1. The molecule has 4 heteroatoms. The van der Waals surface area contributed by atoms with Gasteiger partial charge in [-0.1, -0.05) is 23.7 Å². The molecule has 88 valence electrons. The Hall–Kier alpha value is -0.0900. The molecule has 1 aromatic rings. The number of rotatable bonds is 3. The predicted octanol–water partition coefficient (Wildman–Crippen LogP) is 3.32. The van der Waals surface area contributed by atoms with Crippen molar-refractivity contribution in [2.75, 3.05) is 20.2 Å². The molecule has 0 bridgehead atoms. The van der Waals surface area contributed by atoms with Crippen molar-refractivity contribution < 1.29 is 4.74 Å². The number of methoxy groups -OCH3 is 1. The Morgan fingerprint density at radius 3 is 3.06 bits per heavy atom. The average Bonchev–Trinajstić information content (AvgIpc) is 2.73. The van der Waals surface area contributed by atoms with Crippen molar-refractivity contribution in [1.82, 2.24) is 4.90 Å². The summed E-state index contributed by atoms with van der Waals surface area (Å²) in [6.45, 7) is 2.98. The van der Waals surface area contributed by atoms with Gasteiger partial charge in [0.15, 0.2) is 0 Å². The van der Waals surface area contributed by atoms with E-state index in [0.717, 1.165) is 35.6 Å². The van der Waals surface area contributed by atoms with E-state index < -0.39 is 0 Å². The smallest absolute Gasteiger partial charge is 0.0710 e. The van der Waals surface area contributed by atoms with E-state index in [4.69, 9.17) is 16.3 Å². The van der Waals surface area contributed by atoms with E-state index in [1.165, 1.54) is 5.56 Å². The van der Waals surface area contributed by atoms with Crippen molar-refractivity contribution in [3.8, 4) is 0 Å². The van der Waals surface area contributed by atoms with Gasteiger partial charge in [0, 0.05) is 31.2 Å².